The number of aliphatic imine (C=N–C) groups is 1. The van der Waals surface area contributed by atoms with E-state index in [1.165, 1.54) is 0 Å². The maximum absolute atomic E-state index is 12.7. The van der Waals surface area contributed by atoms with E-state index in [-0.39, 0.29) is 44.3 Å². The summed E-state index contributed by atoms with van der Waals surface area (Å²) in [5.74, 6) is -4.49. The fraction of sp³-hybridized carbons (Fsp3) is 0.458. The average molecular weight is 547 g/mol. The van der Waals surface area contributed by atoms with Crippen molar-refractivity contribution in [3.63, 3.8) is 0 Å². The van der Waals surface area contributed by atoms with Gasteiger partial charge in [-0.15, -0.1) is 0 Å². The predicted molar refractivity (Wildman–Crippen MR) is 139 cm³/mol. The number of nitrogens with zero attached hydrogens (tertiary/aromatic N) is 1. The molecule has 0 fully saturated rings. The van der Waals surface area contributed by atoms with Crippen LogP contribution in [-0.2, 0) is 30.5 Å². The molecule has 0 unspecified atom stereocenters. The van der Waals surface area contributed by atoms with Gasteiger partial charge < -0.3 is 43.2 Å². The Hall–Kier alpha value is -4.69. The van der Waals surface area contributed by atoms with E-state index in [2.05, 4.69) is 31.6 Å². The van der Waals surface area contributed by atoms with E-state index in [0.29, 0.717) is 24.0 Å². The molecular weight excluding hydrogens is 512 g/mol. The van der Waals surface area contributed by atoms with E-state index in [1.54, 1.807) is 24.3 Å². The van der Waals surface area contributed by atoms with Crippen LogP contribution in [0.4, 0.5) is 0 Å². The number of amides is 5. The molecule has 0 saturated carbocycles. The third kappa shape index (κ3) is 11.5. The van der Waals surface area contributed by atoms with Gasteiger partial charge in [0, 0.05) is 31.6 Å². The summed E-state index contributed by atoms with van der Waals surface area (Å²) >= 11 is 0. The molecular formula is C24H34N8O7. The van der Waals surface area contributed by atoms with Crippen LogP contribution in [0.3, 0.4) is 0 Å². The van der Waals surface area contributed by atoms with Gasteiger partial charge in [0.2, 0.25) is 23.6 Å². The Morgan fingerprint density at radius 1 is 0.949 bits per heavy atom. The van der Waals surface area contributed by atoms with E-state index in [0.717, 1.165) is 0 Å². The molecule has 15 nitrogen and oxygen atoms in total. The second kappa shape index (κ2) is 15.5. The second-order valence-corrected chi connectivity index (χ2v) is 8.78. The van der Waals surface area contributed by atoms with E-state index >= 15 is 0 Å². The summed E-state index contributed by atoms with van der Waals surface area (Å²) in [6.07, 6.45) is 0.146. The highest BCUT2D eigenvalue weighted by Crippen LogP contribution is 2.07. The summed E-state index contributed by atoms with van der Waals surface area (Å²) < 4.78 is 0. The maximum atomic E-state index is 12.7. The molecule has 2 atom stereocenters. The second-order valence-electron chi connectivity index (χ2n) is 8.78. The molecule has 0 spiro atoms. The first-order chi connectivity index (χ1) is 18.5. The SMILES string of the molecule is NC(N)=NCCC[C@@H]1NC(=O)CCCNC(=O)c2cccc(c2)CNC(=O)[C@H](CC(=O)O)NC(=O)CNC1=O. The number of carboxylic acid groups (broad SMARTS) is 1. The van der Waals surface area contributed by atoms with Crippen molar-refractivity contribution in [2.45, 2.75) is 50.7 Å². The van der Waals surface area contributed by atoms with Crippen molar-refractivity contribution >= 4 is 41.5 Å². The third-order valence-electron chi connectivity index (χ3n) is 5.57. The van der Waals surface area contributed by atoms with Gasteiger partial charge in [0.05, 0.1) is 13.0 Å². The molecule has 0 aliphatic carbocycles. The molecule has 1 aromatic rings. The maximum Gasteiger partial charge on any atom is 0.305 e. The highest BCUT2D eigenvalue weighted by Gasteiger charge is 2.25. The van der Waals surface area contributed by atoms with E-state index in [4.69, 9.17) is 11.5 Å². The monoisotopic (exact) mass is 546 g/mol. The zero-order valence-electron chi connectivity index (χ0n) is 21.3. The van der Waals surface area contributed by atoms with Gasteiger partial charge in [0.1, 0.15) is 12.1 Å². The topological polar surface area (TPSA) is 247 Å². The summed E-state index contributed by atoms with van der Waals surface area (Å²) in [6.45, 7) is -0.172. The fourth-order valence-corrected chi connectivity index (χ4v) is 3.65. The number of fused-ring (bicyclic) bond motifs is 2. The quantitative estimate of drug-likeness (QED) is 0.106. The summed E-state index contributed by atoms with van der Waals surface area (Å²) in [4.78, 5) is 77.9. The molecule has 10 N–H and O–H groups in total. The minimum absolute atomic E-state index is 0.0234. The molecule has 15 heteroatoms. The Morgan fingerprint density at radius 3 is 2.36 bits per heavy atom. The molecule has 1 aliphatic rings. The Kier molecular flexibility index (Phi) is 12.2. The number of carbonyl (C=O) groups is 6. The molecule has 1 aromatic carbocycles. The molecule has 0 saturated heterocycles. The molecule has 2 bridgehead atoms. The number of hydrogen-bond acceptors (Lipinski definition) is 7. The van der Waals surface area contributed by atoms with Crippen LogP contribution in [0.2, 0.25) is 0 Å². The summed E-state index contributed by atoms with van der Waals surface area (Å²) in [6, 6.07) is 4.01. The first-order valence-corrected chi connectivity index (χ1v) is 12.3. The molecule has 1 heterocycles. The predicted octanol–water partition coefficient (Wildman–Crippen LogP) is -2.56. The lowest BCUT2D eigenvalue weighted by molar-refractivity contribution is -0.140. The number of benzene rings is 1. The van der Waals surface area contributed by atoms with Crippen molar-refractivity contribution in [3.8, 4) is 0 Å². The minimum atomic E-state index is -1.42. The normalized spacial score (nSPS) is 19.8. The Labute approximate surface area is 224 Å². The van der Waals surface area contributed by atoms with Crippen molar-refractivity contribution in [1.82, 2.24) is 26.6 Å². The van der Waals surface area contributed by atoms with Crippen LogP contribution in [-0.4, -0.2) is 78.3 Å². The van der Waals surface area contributed by atoms with Crippen LogP contribution in [0.5, 0.6) is 0 Å². The Balaban J connectivity index is 2.20. The molecule has 212 valence electrons. The van der Waals surface area contributed by atoms with Gasteiger partial charge in [-0.1, -0.05) is 12.1 Å². The van der Waals surface area contributed by atoms with Crippen molar-refractivity contribution in [3.05, 3.63) is 35.4 Å². The first kappa shape index (κ1) is 30.5. The van der Waals surface area contributed by atoms with Crippen molar-refractivity contribution in [2.75, 3.05) is 19.6 Å². The lowest BCUT2D eigenvalue weighted by Gasteiger charge is -2.20. The standard InChI is InChI=1S/C24H34N8O7/c25-24(26)28-9-2-6-16-22(38)30-13-19(34)32-17(11-20(35)36)23(39)29-12-14-4-1-5-15(10-14)21(37)27-8-3-7-18(33)31-16/h1,4-5,10,16-17H,2-3,6-9,11-13H2,(H,27,37)(H,29,39)(H,30,38)(H,31,33)(H,32,34)(H,35,36)(H4,25,26,28)/t16-,17-/m0/s1. The van der Waals surface area contributed by atoms with E-state index in [9.17, 15) is 33.9 Å². The van der Waals surface area contributed by atoms with Gasteiger partial charge in [0.25, 0.3) is 5.91 Å². The number of guanidine groups is 1. The zero-order valence-corrected chi connectivity index (χ0v) is 21.3. The van der Waals surface area contributed by atoms with Crippen LogP contribution < -0.4 is 38.1 Å². The van der Waals surface area contributed by atoms with Gasteiger partial charge in [-0.3, -0.25) is 33.8 Å². The fourth-order valence-electron chi connectivity index (χ4n) is 3.65. The van der Waals surface area contributed by atoms with Gasteiger partial charge in [-0.2, -0.15) is 0 Å². The number of carbonyl (C=O) groups excluding carboxylic acids is 5. The summed E-state index contributed by atoms with van der Waals surface area (Å²) in [7, 11) is 0. The highest BCUT2D eigenvalue weighted by atomic mass is 16.4. The van der Waals surface area contributed by atoms with Gasteiger partial charge in [0.15, 0.2) is 5.96 Å². The third-order valence-corrected chi connectivity index (χ3v) is 5.57. The highest BCUT2D eigenvalue weighted by molar-refractivity contribution is 5.95. The summed E-state index contributed by atoms with van der Waals surface area (Å²) in [5.41, 5.74) is 11.5. The number of nitrogens with one attached hydrogen (secondary N) is 5. The van der Waals surface area contributed by atoms with Crippen LogP contribution in [0.25, 0.3) is 0 Å². The van der Waals surface area contributed by atoms with Crippen LogP contribution in [0, 0.1) is 0 Å². The van der Waals surface area contributed by atoms with E-state index in [1.807, 2.05) is 0 Å². The lowest BCUT2D eigenvalue weighted by atomic mass is 10.1. The number of carboxylic acids is 1. The average Bonchev–Trinajstić information content (AvgIpc) is 2.88. The Bertz CT molecular complexity index is 1100. The zero-order chi connectivity index (χ0) is 28.8. The molecule has 39 heavy (non-hydrogen) atoms. The van der Waals surface area contributed by atoms with Crippen molar-refractivity contribution in [2.24, 2.45) is 16.5 Å². The van der Waals surface area contributed by atoms with Gasteiger partial charge in [-0.05, 0) is 37.0 Å². The molecule has 0 aromatic heterocycles. The molecule has 1 aliphatic heterocycles. The van der Waals surface area contributed by atoms with Crippen LogP contribution in [0.1, 0.15) is 48.0 Å². The number of nitrogens with two attached hydrogens (primary N) is 2. The van der Waals surface area contributed by atoms with Gasteiger partial charge in [-0.25, -0.2) is 0 Å². The van der Waals surface area contributed by atoms with Gasteiger partial charge >= 0.3 is 5.97 Å². The van der Waals surface area contributed by atoms with Crippen LogP contribution in [0.15, 0.2) is 29.3 Å². The van der Waals surface area contributed by atoms with E-state index < -0.39 is 54.6 Å². The van der Waals surface area contributed by atoms with Crippen LogP contribution >= 0.6 is 0 Å². The molecule has 0 radical (unpaired) electrons. The molecule has 5 amide bonds. The lowest BCUT2D eigenvalue weighted by Crippen LogP contribution is -2.52. The number of hydrogen-bond donors (Lipinski definition) is 8. The number of rotatable bonds is 6. The molecule has 2 rings (SSSR count). The summed E-state index contributed by atoms with van der Waals surface area (Å²) in [5, 5.41) is 21.7. The van der Waals surface area contributed by atoms with Crippen molar-refractivity contribution in [1.29, 1.82) is 0 Å². The largest absolute Gasteiger partial charge is 0.481 e. The minimum Gasteiger partial charge on any atom is -0.481 e. The number of aliphatic carboxylic acids is 1. The smallest absolute Gasteiger partial charge is 0.305 e. The Morgan fingerprint density at radius 2 is 1.64 bits per heavy atom. The first-order valence-electron chi connectivity index (χ1n) is 12.3. The van der Waals surface area contributed by atoms with Crippen molar-refractivity contribution < 1.29 is 33.9 Å².